The number of hydrogen-bond acceptors (Lipinski definition) is 3. The average Bonchev–Trinajstić information content (AvgIpc) is 2.28. The number of rotatable bonds is 5. The first-order valence-corrected chi connectivity index (χ1v) is 5.88. The first-order valence-electron chi connectivity index (χ1n) is 4.89. The molecule has 1 rings (SSSR count). The molecule has 0 aliphatic carbocycles. The van der Waals surface area contributed by atoms with Crippen LogP contribution in [0.4, 0.5) is 4.39 Å². The Morgan fingerprint density at radius 1 is 1.41 bits per heavy atom. The Morgan fingerprint density at radius 3 is 2.53 bits per heavy atom. The van der Waals surface area contributed by atoms with Crippen molar-refractivity contribution >= 4 is 23.6 Å². The largest absolute Gasteiger partial charge is 0.480 e. The number of carboxylic acids is 1. The average molecular weight is 257 g/mol. The van der Waals surface area contributed by atoms with E-state index in [0.29, 0.717) is 0 Å². The van der Waals surface area contributed by atoms with Crippen molar-refractivity contribution < 1.29 is 19.1 Å². The molecular formula is C11H12FNO3S. The number of carbonyl (C=O) groups excluding carboxylic acids is 1. The lowest BCUT2D eigenvalue weighted by molar-refractivity contribution is -0.140. The molecule has 17 heavy (non-hydrogen) atoms. The molecule has 1 aromatic rings. The maximum absolute atomic E-state index is 12.6. The molecule has 1 amide bonds. The van der Waals surface area contributed by atoms with Gasteiger partial charge in [0.05, 0.1) is 5.75 Å². The Kier molecular flexibility index (Phi) is 4.96. The van der Waals surface area contributed by atoms with Crippen molar-refractivity contribution in [2.45, 2.75) is 17.9 Å². The highest BCUT2D eigenvalue weighted by molar-refractivity contribution is 8.00. The second kappa shape index (κ2) is 6.24. The molecule has 0 heterocycles. The predicted molar refractivity (Wildman–Crippen MR) is 62.4 cm³/mol. The minimum atomic E-state index is -1.08. The molecule has 4 nitrogen and oxygen atoms in total. The summed E-state index contributed by atoms with van der Waals surface area (Å²) in [6, 6.07) is 4.83. The van der Waals surface area contributed by atoms with Crippen molar-refractivity contribution in [2.75, 3.05) is 5.75 Å². The maximum atomic E-state index is 12.6. The quantitative estimate of drug-likeness (QED) is 0.785. The number of amides is 1. The van der Waals surface area contributed by atoms with Gasteiger partial charge in [-0.2, -0.15) is 0 Å². The van der Waals surface area contributed by atoms with E-state index in [9.17, 15) is 14.0 Å². The van der Waals surface area contributed by atoms with Crippen molar-refractivity contribution in [1.82, 2.24) is 5.32 Å². The molecule has 0 radical (unpaired) electrons. The van der Waals surface area contributed by atoms with Crippen molar-refractivity contribution in [2.24, 2.45) is 0 Å². The molecule has 0 spiro atoms. The smallest absolute Gasteiger partial charge is 0.325 e. The molecule has 0 bridgehead atoms. The Morgan fingerprint density at radius 2 is 2.00 bits per heavy atom. The van der Waals surface area contributed by atoms with E-state index in [4.69, 9.17) is 5.11 Å². The lowest BCUT2D eigenvalue weighted by Crippen LogP contribution is -2.39. The monoisotopic (exact) mass is 257 g/mol. The zero-order chi connectivity index (χ0) is 12.8. The second-order valence-corrected chi connectivity index (χ2v) is 4.42. The molecule has 2 N–H and O–H groups in total. The molecule has 6 heteroatoms. The first kappa shape index (κ1) is 13.5. The first-order chi connectivity index (χ1) is 7.99. The summed E-state index contributed by atoms with van der Waals surface area (Å²) < 4.78 is 12.6. The van der Waals surface area contributed by atoms with E-state index in [-0.39, 0.29) is 17.5 Å². The van der Waals surface area contributed by atoms with E-state index >= 15 is 0 Å². The molecule has 1 atom stereocenters. The minimum Gasteiger partial charge on any atom is -0.480 e. The van der Waals surface area contributed by atoms with Gasteiger partial charge in [-0.15, -0.1) is 11.8 Å². The summed E-state index contributed by atoms with van der Waals surface area (Å²) in [5.74, 6) is -1.68. The number of aliphatic carboxylic acids is 1. The summed E-state index contributed by atoms with van der Waals surface area (Å²) in [6.07, 6.45) is 0. The molecule has 0 aliphatic rings. The molecular weight excluding hydrogens is 245 g/mol. The van der Waals surface area contributed by atoms with E-state index in [1.807, 2.05) is 0 Å². The summed E-state index contributed by atoms with van der Waals surface area (Å²) in [7, 11) is 0. The summed E-state index contributed by atoms with van der Waals surface area (Å²) >= 11 is 1.22. The van der Waals surface area contributed by atoms with Gasteiger partial charge in [0.15, 0.2) is 0 Å². The summed E-state index contributed by atoms with van der Waals surface area (Å²) in [4.78, 5) is 22.6. The molecule has 0 aromatic heterocycles. The number of thioether (sulfide) groups is 1. The zero-order valence-electron chi connectivity index (χ0n) is 9.14. The van der Waals surface area contributed by atoms with Gasteiger partial charge in [-0.1, -0.05) is 0 Å². The van der Waals surface area contributed by atoms with Crippen LogP contribution in [0.3, 0.4) is 0 Å². The van der Waals surface area contributed by atoms with Gasteiger partial charge >= 0.3 is 5.97 Å². The normalized spacial score (nSPS) is 11.9. The van der Waals surface area contributed by atoms with Gasteiger partial charge in [0, 0.05) is 4.90 Å². The highest BCUT2D eigenvalue weighted by atomic mass is 32.2. The van der Waals surface area contributed by atoms with Gasteiger partial charge in [-0.05, 0) is 31.2 Å². The Bertz CT molecular complexity index is 408. The van der Waals surface area contributed by atoms with Crippen LogP contribution in [0.2, 0.25) is 0 Å². The van der Waals surface area contributed by atoms with Crippen LogP contribution in [0.25, 0.3) is 0 Å². The fraction of sp³-hybridized carbons (Fsp3) is 0.273. The predicted octanol–water partition coefficient (Wildman–Crippen LogP) is 1.51. The second-order valence-electron chi connectivity index (χ2n) is 3.37. The molecule has 92 valence electrons. The van der Waals surface area contributed by atoms with E-state index in [1.54, 1.807) is 12.1 Å². The molecule has 0 fully saturated rings. The van der Waals surface area contributed by atoms with Crippen LogP contribution >= 0.6 is 11.8 Å². The Labute approximate surface area is 102 Å². The SMILES string of the molecule is C[C@H](NC(=O)CSc1ccc(F)cc1)C(=O)O. The summed E-state index contributed by atoms with van der Waals surface area (Å²) in [5.41, 5.74) is 0. The molecule has 0 unspecified atom stereocenters. The number of carboxylic acid groups (broad SMARTS) is 1. The van der Waals surface area contributed by atoms with E-state index in [1.165, 1.54) is 30.8 Å². The standard InChI is InChI=1S/C11H12FNO3S/c1-7(11(15)16)13-10(14)6-17-9-4-2-8(12)3-5-9/h2-5,7H,6H2,1H3,(H,13,14)(H,15,16)/t7-/m0/s1. The van der Waals surface area contributed by atoms with Crippen LogP contribution in [-0.2, 0) is 9.59 Å². The Hall–Kier alpha value is -1.56. The van der Waals surface area contributed by atoms with Crippen LogP contribution in [0, 0.1) is 5.82 Å². The van der Waals surface area contributed by atoms with Crippen molar-refractivity contribution in [3.8, 4) is 0 Å². The highest BCUT2D eigenvalue weighted by Gasteiger charge is 2.13. The van der Waals surface area contributed by atoms with Gasteiger partial charge in [-0.3, -0.25) is 9.59 Å². The third-order valence-electron chi connectivity index (χ3n) is 1.93. The number of halogens is 1. The van der Waals surface area contributed by atoms with E-state index < -0.39 is 12.0 Å². The molecule has 0 aliphatic heterocycles. The fourth-order valence-electron chi connectivity index (χ4n) is 1.02. The summed E-state index contributed by atoms with van der Waals surface area (Å²) in [5, 5.41) is 10.9. The zero-order valence-corrected chi connectivity index (χ0v) is 9.96. The fourth-order valence-corrected chi connectivity index (χ4v) is 1.73. The lowest BCUT2D eigenvalue weighted by Gasteiger charge is -2.08. The Balaban J connectivity index is 2.38. The van der Waals surface area contributed by atoms with Gasteiger partial charge in [0.1, 0.15) is 11.9 Å². The van der Waals surface area contributed by atoms with Crippen molar-refractivity contribution in [1.29, 1.82) is 0 Å². The minimum absolute atomic E-state index is 0.100. The van der Waals surface area contributed by atoms with Crippen LogP contribution in [-0.4, -0.2) is 28.8 Å². The van der Waals surface area contributed by atoms with Crippen LogP contribution in [0.15, 0.2) is 29.2 Å². The summed E-state index contributed by atoms with van der Waals surface area (Å²) in [6.45, 7) is 1.39. The van der Waals surface area contributed by atoms with Crippen molar-refractivity contribution in [3.05, 3.63) is 30.1 Å². The van der Waals surface area contributed by atoms with E-state index in [2.05, 4.69) is 5.32 Å². The van der Waals surface area contributed by atoms with Gasteiger partial charge in [0.25, 0.3) is 0 Å². The molecule has 1 aromatic carbocycles. The van der Waals surface area contributed by atoms with E-state index in [0.717, 1.165) is 4.90 Å². The highest BCUT2D eigenvalue weighted by Crippen LogP contribution is 2.17. The van der Waals surface area contributed by atoms with Crippen LogP contribution in [0.1, 0.15) is 6.92 Å². The van der Waals surface area contributed by atoms with Gasteiger partial charge in [-0.25, -0.2) is 4.39 Å². The third kappa shape index (κ3) is 4.86. The molecule has 0 saturated carbocycles. The topological polar surface area (TPSA) is 66.4 Å². The number of benzene rings is 1. The lowest BCUT2D eigenvalue weighted by atomic mass is 10.3. The van der Waals surface area contributed by atoms with Gasteiger partial charge in [0.2, 0.25) is 5.91 Å². The number of carbonyl (C=O) groups is 2. The maximum Gasteiger partial charge on any atom is 0.325 e. The number of hydrogen-bond donors (Lipinski definition) is 2. The number of nitrogens with one attached hydrogen (secondary N) is 1. The van der Waals surface area contributed by atoms with Gasteiger partial charge < -0.3 is 10.4 Å². The third-order valence-corrected chi connectivity index (χ3v) is 2.94. The van der Waals surface area contributed by atoms with Crippen LogP contribution < -0.4 is 5.32 Å². The molecule has 0 saturated heterocycles. The van der Waals surface area contributed by atoms with Crippen LogP contribution in [0.5, 0.6) is 0 Å². The van der Waals surface area contributed by atoms with Crippen molar-refractivity contribution in [3.63, 3.8) is 0 Å².